The number of aromatic nitrogens is 2. The van der Waals surface area contributed by atoms with Gasteiger partial charge in [-0.15, -0.1) is 0 Å². The molecule has 0 aliphatic heterocycles. The van der Waals surface area contributed by atoms with Gasteiger partial charge in [-0.1, -0.05) is 41.7 Å². The molecule has 2 rings (SSSR count). The van der Waals surface area contributed by atoms with E-state index in [1.165, 1.54) is 12.3 Å². The van der Waals surface area contributed by atoms with E-state index >= 15 is 0 Å². The minimum absolute atomic E-state index is 0.0447. The number of carbonyl (C=O) groups excluding carboxylic acids is 1. The molecule has 4 nitrogen and oxygen atoms in total. The van der Waals surface area contributed by atoms with E-state index in [2.05, 4.69) is 31.2 Å². The van der Waals surface area contributed by atoms with Gasteiger partial charge in [0.1, 0.15) is 5.15 Å². The summed E-state index contributed by atoms with van der Waals surface area (Å²) in [5, 5.41) is 3.64. The van der Waals surface area contributed by atoms with Crippen LogP contribution in [-0.2, 0) is 5.54 Å². The predicted molar refractivity (Wildman–Crippen MR) is 96.3 cm³/mol. The molecule has 1 amide bonds. The van der Waals surface area contributed by atoms with Gasteiger partial charge in [0, 0.05) is 16.9 Å². The van der Waals surface area contributed by atoms with Gasteiger partial charge in [0.15, 0.2) is 0 Å². The third-order valence-corrected chi connectivity index (χ3v) is 4.83. The molecule has 0 radical (unpaired) electrons. The van der Waals surface area contributed by atoms with Crippen molar-refractivity contribution in [3.8, 4) is 0 Å². The van der Waals surface area contributed by atoms with Crippen LogP contribution >= 0.6 is 50.7 Å². The summed E-state index contributed by atoms with van der Waals surface area (Å²) in [6.45, 7) is 3.76. The van der Waals surface area contributed by atoms with E-state index < -0.39 is 11.4 Å². The van der Waals surface area contributed by atoms with Crippen LogP contribution in [0.5, 0.6) is 0 Å². The molecule has 1 unspecified atom stereocenters. The van der Waals surface area contributed by atoms with E-state index in [0.29, 0.717) is 17.1 Å². The molecule has 0 aliphatic rings. The number of nitrogens with zero attached hydrogens (tertiary/aromatic N) is 2. The number of nitrogens with one attached hydrogen (secondary N) is 1. The van der Waals surface area contributed by atoms with E-state index in [9.17, 15) is 4.79 Å². The van der Waals surface area contributed by atoms with Gasteiger partial charge < -0.3 is 5.32 Å². The summed E-state index contributed by atoms with van der Waals surface area (Å²) in [7, 11) is 0. The number of halogens is 4. The van der Waals surface area contributed by atoms with Gasteiger partial charge >= 0.3 is 0 Å². The highest BCUT2D eigenvalue weighted by Crippen LogP contribution is 2.32. The maximum absolute atomic E-state index is 12.6. The third-order valence-electron chi connectivity index (χ3n) is 3.51. The Balaban J connectivity index is 2.40. The second-order valence-corrected chi connectivity index (χ2v) is 7.17. The largest absolute Gasteiger partial charge is 0.341 e. The van der Waals surface area contributed by atoms with Gasteiger partial charge in [-0.05, 0) is 41.4 Å². The molecule has 2 aromatic heterocycles. The predicted octanol–water partition coefficient (Wildman–Crippen LogP) is 5.25. The fourth-order valence-electron chi connectivity index (χ4n) is 2.07. The second-order valence-electron chi connectivity index (χ2n) is 5.08. The molecule has 122 valence electrons. The van der Waals surface area contributed by atoms with Gasteiger partial charge in [-0.2, -0.15) is 0 Å². The van der Waals surface area contributed by atoms with Crippen molar-refractivity contribution >= 4 is 56.6 Å². The summed E-state index contributed by atoms with van der Waals surface area (Å²) in [6, 6.07) is 3.24. The molecule has 23 heavy (non-hydrogen) atoms. The Morgan fingerprint density at radius 3 is 2.57 bits per heavy atom. The lowest BCUT2D eigenvalue weighted by molar-refractivity contribution is 0.0900. The summed E-state index contributed by atoms with van der Waals surface area (Å²) >= 11 is 21.6. The first-order valence-corrected chi connectivity index (χ1v) is 8.65. The molecule has 0 spiro atoms. The number of hydrogen-bond donors (Lipinski definition) is 1. The van der Waals surface area contributed by atoms with Crippen LogP contribution in [-0.4, -0.2) is 15.9 Å². The Morgan fingerprint density at radius 2 is 2.00 bits per heavy atom. The molecule has 0 saturated carbocycles. The number of carbonyl (C=O) groups is 1. The lowest BCUT2D eigenvalue weighted by Gasteiger charge is -2.30. The molecule has 0 fully saturated rings. The van der Waals surface area contributed by atoms with Crippen LogP contribution in [0.4, 0.5) is 0 Å². The molecule has 8 heteroatoms. The van der Waals surface area contributed by atoms with E-state index in [0.717, 1.165) is 4.47 Å². The maximum atomic E-state index is 12.6. The van der Waals surface area contributed by atoms with Crippen molar-refractivity contribution in [2.45, 2.75) is 25.8 Å². The van der Waals surface area contributed by atoms with E-state index in [1.807, 2.05) is 13.8 Å². The van der Waals surface area contributed by atoms with Crippen LogP contribution in [0.1, 0.15) is 36.3 Å². The van der Waals surface area contributed by atoms with Gasteiger partial charge in [0.25, 0.3) is 5.91 Å². The van der Waals surface area contributed by atoms with Crippen LogP contribution in [0.25, 0.3) is 0 Å². The summed E-state index contributed by atoms with van der Waals surface area (Å²) < 4.78 is 0.759. The highest BCUT2D eigenvalue weighted by atomic mass is 79.9. The fraction of sp³-hybridized carbons (Fsp3) is 0.267. The Morgan fingerprint density at radius 1 is 1.30 bits per heavy atom. The zero-order valence-electron chi connectivity index (χ0n) is 12.3. The van der Waals surface area contributed by atoms with Gasteiger partial charge in [-0.25, -0.2) is 4.98 Å². The number of amides is 1. The number of pyridine rings is 2. The zero-order valence-corrected chi connectivity index (χ0v) is 16.2. The Hall–Kier alpha value is -0.880. The van der Waals surface area contributed by atoms with Crippen molar-refractivity contribution in [2.75, 3.05) is 0 Å². The van der Waals surface area contributed by atoms with E-state index in [-0.39, 0.29) is 15.7 Å². The second kappa shape index (κ2) is 7.34. The van der Waals surface area contributed by atoms with Crippen molar-refractivity contribution in [1.82, 2.24) is 15.3 Å². The number of rotatable bonds is 4. The summed E-state index contributed by atoms with van der Waals surface area (Å²) in [5.74, 6) is -0.432. The van der Waals surface area contributed by atoms with Crippen molar-refractivity contribution in [3.63, 3.8) is 0 Å². The highest BCUT2D eigenvalue weighted by Gasteiger charge is 2.32. The molecular formula is C15H13BrCl3N3O. The molecule has 0 bridgehead atoms. The molecule has 2 aromatic rings. The summed E-state index contributed by atoms with van der Waals surface area (Å²) in [4.78, 5) is 20.8. The zero-order chi connectivity index (χ0) is 17.2. The van der Waals surface area contributed by atoms with E-state index in [4.69, 9.17) is 34.8 Å². The Kier molecular flexibility index (Phi) is 5.89. The van der Waals surface area contributed by atoms with Gasteiger partial charge in [-0.3, -0.25) is 9.78 Å². The topological polar surface area (TPSA) is 54.9 Å². The minimum atomic E-state index is -0.780. The quantitative estimate of drug-likeness (QED) is 0.665. The van der Waals surface area contributed by atoms with Crippen LogP contribution in [0, 0.1) is 0 Å². The normalized spacial score (nSPS) is 13.5. The van der Waals surface area contributed by atoms with Gasteiger partial charge in [0.2, 0.25) is 0 Å². The van der Waals surface area contributed by atoms with Crippen LogP contribution in [0.3, 0.4) is 0 Å². The average molecular weight is 438 g/mol. The lowest BCUT2D eigenvalue weighted by Crippen LogP contribution is -2.44. The van der Waals surface area contributed by atoms with Crippen molar-refractivity contribution < 1.29 is 4.79 Å². The minimum Gasteiger partial charge on any atom is -0.341 e. The SMILES string of the molecule is CCC(C)(NC(=O)c1c(Cl)ccnc1Cl)c1ncc(Br)cc1Cl. The van der Waals surface area contributed by atoms with E-state index in [1.54, 1.807) is 12.3 Å². The Bertz CT molecular complexity index is 736. The molecule has 1 N–H and O–H groups in total. The van der Waals surface area contributed by atoms with Crippen LogP contribution in [0.2, 0.25) is 15.2 Å². The first kappa shape index (κ1) is 18.5. The first-order chi connectivity index (χ1) is 10.8. The standard InChI is InChI=1S/C15H13BrCl3N3O/c1-3-15(2,12-10(18)6-8(16)7-21-12)22-14(23)11-9(17)4-5-20-13(11)19/h4-7H,3H2,1-2H3,(H,22,23). The molecule has 2 heterocycles. The van der Waals surface area contributed by atoms with Gasteiger partial charge in [0.05, 0.1) is 26.8 Å². The molecular weight excluding hydrogens is 424 g/mol. The van der Waals surface area contributed by atoms with Crippen molar-refractivity contribution in [3.05, 3.63) is 55.5 Å². The Labute approximate surface area is 157 Å². The van der Waals surface area contributed by atoms with Crippen LogP contribution < -0.4 is 5.32 Å². The van der Waals surface area contributed by atoms with Crippen molar-refractivity contribution in [1.29, 1.82) is 0 Å². The van der Waals surface area contributed by atoms with Crippen LogP contribution in [0.15, 0.2) is 29.0 Å². The highest BCUT2D eigenvalue weighted by molar-refractivity contribution is 9.10. The summed E-state index contributed by atoms with van der Waals surface area (Å²) in [5.41, 5.74) is -0.0877. The summed E-state index contributed by atoms with van der Waals surface area (Å²) in [6.07, 6.45) is 3.64. The lowest BCUT2D eigenvalue weighted by atomic mass is 9.93. The first-order valence-electron chi connectivity index (χ1n) is 6.72. The number of hydrogen-bond acceptors (Lipinski definition) is 3. The maximum Gasteiger partial charge on any atom is 0.256 e. The smallest absolute Gasteiger partial charge is 0.256 e. The average Bonchev–Trinajstić information content (AvgIpc) is 2.46. The van der Waals surface area contributed by atoms with Crippen molar-refractivity contribution in [2.24, 2.45) is 0 Å². The monoisotopic (exact) mass is 435 g/mol. The molecule has 0 aliphatic carbocycles. The fourth-order valence-corrected chi connectivity index (χ4v) is 3.43. The molecule has 0 saturated heterocycles. The molecule has 0 aromatic carbocycles. The third kappa shape index (κ3) is 3.97. The molecule has 1 atom stereocenters.